The molecule has 3 rings (SSSR count). The minimum Gasteiger partial charge on any atom is -0.351 e. The Labute approximate surface area is 153 Å². The molecule has 138 valence electrons. The van der Waals surface area contributed by atoms with Crippen LogP contribution in [-0.2, 0) is 16.1 Å². The van der Waals surface area contributed by atoms with Crippen LogP contribution in [0.1, 0.15) is 59.1 Å². The van der Waals surface area contributed by atoms with Gasteiger partial charge >= 0.3 is 0 Å². The molecule has 1 saturated heterocycles. The average molecular weight is 365 g/mol. The number of nitrogens with one attached hydrogen (secondary N) is 2. The van der Waals surface area contributed by atoms with Crippen LogP contribution in [0.2, 0.25) is 0 Å². The number of anilines is 1. The highest BCUT2D eigenvalue weighted by Crippen LogP contribution is 2.33. The Kier molecular flexibility index (Phi) is 5.16. The van der Waals surface area contributed by atoms with Crippen molar-refractivity contribution in [3.8, 4) is 0 Å². The fourth-order valence-electron chi connectivity index (χ4n) is 3.44. The first-order valence-corrected chi connectivity index (χ1v) is 9.90. The number of carbonyl (C=O) groups is 2. The largest absolute Gasteiger partial charge is 0.351 e. The minimum atomic E-state index is -0.00160. The summed E-state index contributed by atoms with van der Waals surface area (Å²) in [6.45, 7) is 8.72. The van der Waals surface area contributed by atoms with Crippen LogP contribution in [0.25, 0.3) is 0 Å². The third-order valence-corrected chi connectivity index (χ3v) is 5.77. The highest BCUT2D eigenvalue weighted by molar-refractivity contribution is 7.14. The highest BCUT2D eigenvalue weighted by atomic mass is 32.1. The summed E-state index contributed by atoms with van der Waals surface area (Å²) in [4.78, 5) is 30.1. The van der Waals surface area contributed by atoms with Crippen LogP contribution >= 0.6 is 11.3 Å². The van der Waals surface area contributed by atoms with Crippen LogP contribution in [-0.4, -0.2) is 34.9 Å². The van der Waals surface area contributed by atoms with Crippen molar-refractivity contribution in [3.05, 3.63) is 11.1 Å². The number of thiazole rings is 1. The van der Waals surface area contributed by atoms with Gasteiger partial charge in [-0.2, -0.15) is 0 Å². The van der Waals surface area contributed by atoms with Crippen molar-refractivity contribution in [1.29, 1.82) is 0 Å². The molecule has 0 bridgehead atoms. The number of hydrogen-bond acceptors (Lipinski definition) is 5. The van der Waals surface area contributed by atoms with E-state index in [2.05, 4.69) is 36.4 Å². The Morgan fingerprint density at radius 3 is 2.72 bits per heavy atom. The Balaban J connectivity index is 1.63. The number of amides is 2. The van der Waals surface area contributed by atoms with Gasteiger partial charge in [0, 0.05) is 43.4 Å². The fraction of sp³-hybridized carbons (Fsp3) is 0.722. The lowest BCUT2D eigenvalue weighted by atomic mass is 9.79. The summed E-state index contributed by atoms with van der Waals surface area (Å²) in [6.07, 6.45) is 3.54. The first-order chi connectivity index (χ1) is 11.8. The minimum absolute atomic E-state index is 0.00160. The third kappa shape index (κ3) is 4.39. The zero-order valence-corrected chi connectivity index (χ0v) is 16.3. The molecule has 0 spiro atoms. The molecule has 0 aromatic carbocycles. The first-order valence-electron chi connectivity index (χ1n) is 9.02. The van der Waals surface area contributed by atoms with E-state index in [1.54, 1.807) is 6.92 Å². The van der Waals surface area contributed by atoms with Gasteiger partial charge in [0.2, 0.25) is 11.8 Å². The van der Waals surface area contributed by atoms with Gasteiger partial charge in [-0.05, 0) is 24.7 Å². The van der Waals surface area contributed by atoms with Crippen molar-refractivity contribution >= 4 is 28.3 Å². The van der Waals surface area contributed by atoms with Crippen LogP contribution in [0.4, 0.5) is 5.13 Å². The summed E-state index contributed by atoms with van der Waals surface area (Å²) in [5, 5.41) is 9.52. The molecule has 2 N–H and O–H groups in total. The highest BCUT2D eigenvalue weighted by Gasteiger charge is 2.37. The molecule has 2 heterocycles. The Hall–Kier alpha value is -1.47. The monoisotopic (exact) mass is 364 g/mol. The van der Waals surface area contributed by atoms with Gasteiger partial charge in [0.15, 0.2) is 5.13 Å². The second-order valence-electron chi connectivity index (χ2n) is 8.18. The van der Waals surface area contributed by atoms with E-state index in [1.807, 2.05) is 10.3 Å². The first kappa shape index (κ1) is 18.3. The maximum Gasteiger partial charge on any atom is 0.225 e. The molecule has 1 aromatic rings. The molecule has 6 nitrogen and oxygen atoms in total. The van der Waals surface area contributed by atoms with E-state index in [4.69, 9.17) is 0 Å². The Bertz CT molecular complexity index is 648. The van der Waals surface area contributed by atoms with Gasteiger partial charge in [0.05, 0.1) is 5.69 Å². The zero-order chi connectivity index (χ0) is 18.2. The number of rotatable bonds is 5. The number of nitrogens with zero attached hydrogens (tertiary/aromatic N) is 2. The van der Waals surface area contributed by atoms with Gasteiger partial charge in [-0.3, -0.25) is 14.5 Å². The summed E-state index contributed by atoms with van der Waals surface area (Å²) in [5.41, 5.74) is 0.953. The molecule has 1 aromatic heterocycles. The van der Waals surface area contributed by atoms with Gasteiger partial charge in [0.1, 0.15) is 0 Å². The second-order valence-corrected chi connectivity index (χ2v) is 9.02. The summed E-state index contributed by atoms with van der Waals surface area (Å²) in [7, 11) is 0. The third-order valence-electron chi connectivity index (χ3n) is 4.88. The van der Waals surface area contributed by atoms with Gasteiger partial charge in [-0.25, -0.2) is 4.98 Å². The summed E-state index contributed by atoms with van der Waals surface area (Å²) in [6, 6.07) is 0.672. The standard InChI is InChI=1S/C18H28N4O2S/c1-11(23)22(13-5-6-13)17-20-12(10-25-17)9-19-14-7-8-15(24)21-16(14)18(2,3)4/h10,13-14,16,19H,5-9H2,1-4H3,(H,21,24)/t14-,16-/m1/s1. The predicted octanol–water partition coefficient (Wildman–Crippen LogP) is 2.44. The normalized spacial score (nSPS) is 24.1. The van der Waals surface area contributed by atoms with Gasteiger partial charge in [0.25, 0.3) is 0 Å². The van der Waals surface area contributed by atoms with Crippen molar-refractivity contribution in [3.63, 3.8) is 0 Å². The Morgan fingerprint density at radius 1 is 1.40 bits per heavy atom. The quantitative estimate of drug-likeness (QED) is 0.842. The van der Waals surface area contributed by atoms with E-state index in [9.17, 15) is 9.59 Å². The van der Waals surface area contributed by atoms with Crippen molar-refractivity contribution < 1.29 is 9.59 Å². The van der Waals surface area contributed by atoms with Crippen molar-refractivity contribution in [2.45, 2.75) is 78.0 Å². The number of piperidine rings is 1. The molecule has 2 fully saturated rings. The van der Waals surface area contributed by atoms with Crippen LogP contribution in [0, 0.1) is 5.41 Å². The lowest BCUT2D eigenvalue weighted by molar-refractivity contribution is -0.125. The molecule has 7 heteroatoms. The predicted molar refractivity (Wildman–Crippen MR) is 99.5 cm³/mol. The van der Waals surface area contributed by atoms with Crippen molar-refractivity contribution in [1.82, 2.24) is 15.6 Å². The molecule has 2 atom stereocenters. The smallest absolute Gasteiger partial charge is 0.225 e. The SMILES string of the molecule is CC(=O)N(c1nc(CN[C@@H]2CCC(=O)N[C@H]2C(C)(C)C)cs1)C1CC1. The number of aromatic nitrogens is 1. The molecule has 2 amide bonds. The average Bonchev–Trinajstić information content (AvgIpc) is 3.23. The zero-order valence-electron chi connectivity index (χ0n) is 15.5. The lowest BCUT2D eigenvalue weighted by Gasteiger charge is -2.41. The molecule has 1 aliphatic heterocycles. The topological polar surface area (TPSA) is 74.3 Å². The van der Waals surface area contributed by atoms with E-state index >= 15 is 0 Å². The van der Waals surface area contributed by atoms with E-state index in [1.165, 1.54) is 11.3 Å². The maximum atomic E-state index is 11.9. The maximum absolute atomic E-state index is 11.9. The van der Waals surface area contributed by atoms with Gasteiger partial charge in [-0.15, -0.1) is 11.3 Å². The summed E-state index contributed by atoms with van der Waals surface area (Å²) < 4.78 is 0. The molecule has 0 radical (unpaired) electrons. The summed E-state index contributed by atoms with van der Waals surface area (Å²) >= 11 is 1.53. The lowest BCUT2D eigenvalue weighted by Crippen LogP contribution is -2.59. The fourth-order valence-corrected chi connectivity index (χ4v) is 4.38. The molecule has 1 saturated carbocycles. The molecule has 0 unspecified atom stereocenters. The number of carbonyl (C=O) groups excluding carboxylic acids is 2. The molecule has 1 aliphatic carbocycles. The van der Waals surface area contributed by atoms with Crippen LogP contribution in [0.5, 0.6) is 0 Å². The van der Waals surface area contributed by atoms with Gasteiger partial charge < -0.3 is 10.6 Å². The number of hydrogen-bond donors (Lipinski definition) is 2. The molecule has 2 aliphatic rings. The van der Waals surface area contributed by atoms with E-state index in [-0.39, 0.29) is 29.3 Å². The van der Waals surface area contributed by atoms with Gasteiger partial charge in [-0.1, -0.05) is 20.8 Å². The Morgan fingerprint density at radius 2 is 2.12 bits per heavy atom. The van der Waals surface area contributed by atoms with E-state index in [0.717, 1.165) is 30.1 Å². The summed E-state index contributed by atoms with van der Waals surface area (Å²) in [5.74, 6) is 0.203. The van der Waals surface area contributed by atoms with Crippen LogP contribution < -0.4 is 15.5 Å². The van der Waals surface area contributed by atoms with Crippen LogP contribution in [0.15, 0.2) is 5.38 Å². The van der Waals surface area contributed by atoms with Crippen molar-refractivity contribution in [2.75, 3.05) is 4.90 Å². The molecule has 25 heavy (non-hydrogen) atoms. The van der Waals surface area contributed by atoms with E-state index < -0.39 is 0 Å². The van der Waals surface area contributed by atoms with Crippen LogP contribution in [0.3, 0.4) is 0 Å². The van der Waals surface area contributed by atoms with Crippen molar-refractivity contribution in [2.24, 2.45) is 5.41 Å². The molecular weight excluding hydrogens is 336 g/mol. The van der Waals surface area contributed by atoms with E-state index in [0.29, 0.717) is 19.0 Å². The second kappa shape index (κ2) is 7.03. The molecular formula is C18H28N4O2S.